The summed E-state index contributed by atoms with van der Waals surface area (Å²) in [4.78, 5) is 2.35. The summed E-state index contributed by atoms with van der Waals surface area (Å²) in [5, 5.41) is 3.01. The zero-order valence-electron chi connectivity index (χ0n) is 18.1. The second-order valence-corrected chi connectivity index (χ2v) is 11.1. The van der Waals surface area contributed by atoms with E-state index in [-0.39, 0.29) is 17.3 Å². The van der Waals surface area contributed by atoms with Crippen LogP contribution in [0.1, 0.15) is 43.7 Å². The fourth-order valence-electron chi connectivity index (χ4n) is 5.40. The summed E-state index contributed by atoms with van der Waals surface area (Å²) >= 11 is 0. The van der Waals surface area contributed by atoms with Crippen LogP contribution in [0.5, 0.6) is 0 Å². The lowest BCUT2D eigenvalue weighted by Gasteiger charge is -2.43. The van der Waals surface area contributed by atoms with Gasteiger partial charge in [-0.3, -0.25) is 4.90 Å². The van der Waals surface area contributed by atoms with E-state index in [9.17, 15) is 8.42 Å². The zero-order chi connectivity index (χ0) is 21.1. The molecule has 1 aromatic heterocycles. The summed E-state index contributed by atoms with van der Waals surface area (Å²) in [6.45, 7) is 4.82. The maximum absolute atomic E-state index is 13.0. The number of sulfone groups is 1. The van der Waals surface area contributed by atoms with Crippen LogP contribution in [0.2, 0.25) is 0 Å². The second kappa shape index (κ2) is 9.25. The molecule has 0 bridgehead atoms. The summed E-state index contributed by atoms with van der Waals surface area (Å²) in [7, 11) is -3.17. The molecule has 6 heteroatoms. The molecule has 5 nitrogen and oxygen atoms in total. The van der Waals surface area contributed by atoms with Gasteiger partial charge in [0.15, 0.2) is 9.84 Å². The van der Waals surface area contributed by atoms with Crippen molar-refractivity contribution in [3.05, 3.63) is 47.9 Å². The average Bonchev–Trinajstić information content (AvgIpc) is 3.27. The van der Waals surface area contributed by atoms with E-state index in [1.54, 1.807) is 12.5 Å². The van der Waals surface area contributed by atoms with Crippen LogP contribution in [-0.2, 0) is 22.7 Å². The molecule has 0 saturated carbocycles. The number of hydrogen-bond donors (Lipinski definition) is 1. The average molecular weight is 431 g/mol. The minimum atomic E-state index is -3.17. The SMILES string of the molecule is CCCN(C1CCc2ccc(-c3ccoc3)cc2C1)C(C1CCNCC1)S(C)(=O)=O. The zero-order valence-corrected chi connectivity index (χ0v) is 19.0. The van der Waals surface area contributed by atoms with Crippen LogP contribution in [0.3, 0.4) is 0 Å². The number of nitrogens with zero attached hydrogens (tertiary/aromatic N) is 1. The number of aryl methyl sites for hydroxylation is 1. The molecule has 1 N–H and O–H groups in total. The summed E-state index contributed by atoms with van der Waals surface area (Å²) < 4.78 is 31.2. The van der Waals surface area contributed by atoms with Crippen molar-refractivity contribution < 1.29 is 12.8 Å². The number of piperidine rings is 1. The Kier molecular flexibility index (Phi) is 6.66. The van der Waals surface area contributed by atoms with E-state index < -0.39 is 9.84 Å². The third-order valence-electron chi connectivity index (χ3n) is 6.77. The first kappa shape index (κ1) is 21.6. The highest BCUT2D eigenvalue weighted by molar-refractivity contribution is 7.91. The van der Waals surface area contributed by atoms with Crippen LogP contribution >= 0.6 is 0 Å². The standard InChI is InChI=1S/C24H34N2O3S/c1-3-13-26(24(30(2,27)28)19-8-11-25-12-9-19)23-7-6-18-4-5-20(15-22(18)16-23)21-10-14-29-17-21/h4-5,10,14-15,17,19,23-25H,3,6-9,11-13,16H2,1-2H3. The van der Waals surface area contributed by atoms with Crippen LogP contribution in [0.4, 0.5) is 0 Å². The largest absolute Gasteiger partial charge is 0.472 e. The molecule has 1 saturated heterocycles. The van der Waals surface area contributed by atoms with Gasteiger partial charge in [-0.25, -0.2) is 8.42 Å². The number of fused-ring (bicyclic) bond motifs is 1. The van der Waals surface area contributed by atoms with Crippen LogP contribution in [0.25, 0.3) is 11.1 Å². The summed E-state index contributed by atoms with van der Waals surface area (Å²) in [5.41, 5.74) is 5.01. The smallest absolute Gasteiger partial charge is 0.163 e. The van der Waals surface area contributed by atoms with Gasteiger partial charge in [0.25, 0.3) is 0 Å². The van der Waals surface area contributed by atoms with Crippen molar-refractivity contribution in [3.8, 4) is 11.1 Å². The summed E-state index contributed by atoms with van der Waals surface area (Å²) in [5.74, 6) is 0.214. The summed E-state index contributed by atoms with van der Waals surface area (Å²) in [6, 6.07) is 8.94. The first-order chi connectivity index (χ1) is 14.5. The Bertz CT molecular complexity index is 933. The number of benzene rings is 1. The molecular weight excluding hydrogens is 396 g/mol. The van der Waals surface area contributed by atoms with Gasteiger partial charge in [-0.15, -0.1) is 0 Å². The Hall–Kier alpha value is -1.63. The molecule has 1 aliphatic carbocycles. The molecule has 164 valence electrons. The van der Waals surface area contributed by atoms with E-state index in [4.69, 9.17) is 4.42 Å². The topological polar surface area (TPSA) is 62.6 Å². The first-order valence-electron chi connectivity index (χ1n) is 11.3. The predicted molar refractivity (Wildman–Crippen MR) is 121 cm³/mol. The quantitative estimate of drug-likeness (QED) is 0.722. The molecule has 2 aromatic rings. The lowest BCUT2D eigenvalue weighted by molar-refractivity contribution is 0.114. The van der Waals surface area contributed by atoms with E-state index in [1.807, 2.05) is 6.07 Å². The Morgan fingerprint density at radius 3 is 2.60 bits per heavy atom. The minimum absolute atomic E-state index is 0.214. The van der Waals surface area contributed by atoms with Gasteiger partial charge in [-0.05, 0) is 86.8 Å². The van der Waals surface area contributed by atoms with Gasteiger partial charge < -0.3 is 9.73 Å². The van der Waals surface area contributed by atoms with E-state index in [0.29, 0.717) is 0 Å². The molecule has 2 heterocycles. The maximum atomic E-state index is 13.0. The maximum Gasteiger partial charge on any atom is 0.163 e. The van der Waals surface area contributed by atoms with E-state index in [0.717, 1.165) is 63.7 Å². The first-order valence-corrected chi connectivity index (χ1v) is 13.2. The van der Waals surface area contributed by atoms with Gasteiger partial charge >= 0.3 is 0 Å². The molecule has 0 spiro atoms. The summed E-state index contributed by atoms with van der Waals surface area (Å²) in [6.07, 6.45) is 10.7. The van der Waals surface area contributed by atoms with Crippen molar-refractivity contribution >= 4 is 9.84 Å². The minimum Gasteiger partial charge on any atom is -0.472 e. The van der Waals surface area contributed by atoms with Crippen molar-refractivity contribution in [1.29, 1.82) is 0 Å². The van der Waals surface area contributed by atoms with E-state index >= 15 is 0 Å². The van der Waals surface area contributed by atoms with Gasteiger partial charge in [0.1, 0.15) is 5.37 Å². The molecule has 30 heavy (non-hydrogen) atoms. The Labute approximate surface area is 180 Å². The number of rotatable bonds is 7. The molecule has 2 atom stereocenters. The fourth-order valence-corrected chi connectivity index (χ4v) is 7.14. The Morgan fingerprint density at radius 2 is 1.93 bits per heavy atom. The van der Waals surface area contributed by atoms with Crippen molar-refractivity contribution in [2.75, 3.05) is 25.9 Å². The molecule has 0 radical (unpaired) electrons. The highest BCUT2D eigenvalue weighted by Crippen LogP contribution is 2.33. The van der Waals surface area contributed by atoms with Gasteiger partial charge in [0, 0.05) is 17.9 Å². The van der Waals surface area contributed by atoms with Crippen LogP contribution in [-0.4, -0.2) is 50.6 Å². The lowest BCUT2D eigenvalue weighted by atomic mass is 9.85. The molecule has 1 aliphatic heterocycles. The monoisotopic (exact) mass is 430 g/mol. The highest BCUT2D eigenvalue weighted by Gasteiger charge is 2.39. The molecule has 1 fully saturated rings. The number of hydrogen-bond acceptors (Lipinski definition) is 5. The van der Waals surface area contributed by atoms with Crippen molar-refractivity contribution in [2.24, 2.45) is 5.92 Å². The van der Waals surface area contributed by atoms with Gasteiger partial charge in [0.2, 0.25) is 0 Å². The van der Waals surface area contributed by atoms with Crippen molar-refractivity contribution in [1.82, 2.24) is 10.2 Å². The predicted octanol–water partition coefficient (Wildman–Crippen LogP) is 3.89. The van der Waals surface area contributed by atoms with E-state index in [1.165, 1.54) is 22.9 Å². The van der Waals surface area contributed by atoms with Crippen LogP contribution < -0.4 is 5.32 Å². The molecular formula is C24H34N2O3S. The van der Waals surface area contributed by atoms with Crippen LogP contribution in [0, 0.1) is 5.92 Å². The van der Waals surface area contributed by atoms with Gasteiger partial charge in [-0.1, -0.05) is 25.1 Å². The molecule has 4 rings (SSSR count). The molecule has 1 aromatic carbocycles. The number of nitrogens with one attached hydrogen (secondary N) is 1. The normalized spacial score (nSPS) is 21.5. The van der Waals surface area contributed by atoms with Crippen LogP contribution in [0.15, 0.2) is 41.2 Å². The van der Waals surface area contributed by atoms with Crippen molar-refractivity contribution in [3.63, 3.8) is 0 Å². The number of furan rings is 1. The molecule has 0 amide bonds. The molecule has 2 aliphatic rings. The van der Waals surface area contributed by atoms with Gasteiger partial charge in [0.05, 0.1) is 12.5 Å². The third kappa shape index (κ3) is 4.66. The molecule has 2 unspecified atom stereocenters. The van der Waals surface area contributed by atoms with Crippen molar-refractivity contribution in [2.45, 2.75) is 56.9 Å². The fraction of sp³-hybridized carbons (Fsp3) is 0.583. The van der Waals surface area contributed by atoms with E-state index in [2.05, 4.69) is 35.3 Å². The third-order valence-corrected chi connectivity index (χ3v) is 8.30. The van der Waals surface area contributed by atoms with Gasteiger partial charge in [-0.2, -0.15) is 0 Å². The Morgan fingerprint density at radius 1 is 1.13 bits per heavy atom. The lowest BCUT2D eigenvalue weighted by Crippen LogP contribution is -2.54. The second-order valence-electron chi connectivity index (χ2n) is 8.94. The Balaban J connectivity index is 1.62. The highest BCUT2D eigenvalue weighted by atomic mass is 32.2.